The summed E-state index contributed by atoms with van der Waals surface area (Å²) < 4.78 is 5.39. The van der Waals surface area contributed by atoms with E-state index in [0.29, 0.717) is 12.5 Å². The maximum atomic E-state index is 11.5. The third-order valence-corrected chi connectivity index (χ3v) is 5.45. The van der Waals surface area contributed by atoms with Gasteiger partial charge in [0.25, 0.3) is 0 Å². The molecular formula is C17H18N6O2. The molecule has 1 spiro atoms. The number of nitrogens with zero attached hydrogens (tertiary/aromatic N) is 5. The van der Waals surface area contributed by atoms with E-state index in [4.69, 9.17) is 4.52 Å². The predicted molar refractivity (Wildman–Crippen MR) is 90.0 cm³/mol. The van der Waals surface area contributed by atoms with Gasteiger partial charge in [-0.25, -0.2) is 9.97 Å². The van der Waals surface area contributed by atoms with Gasteiger partial charge in [0, 0.05) is 49.8 Å². The molecule has 4 heterocycles. The highest BCUT2D eigenvalue weighted by molar-refractivity contribution is 5.87. The Balaban J connectivity index is 1.51. The van der Waals surface area contributed by atoms with Crippen LogP contribution in [-0.4, -0.2) is 57.6 Å². The molecule has 5 rings (SSSR count). The molecule has 0 aromatic carbocycles. The number of carbonyl (C=O) groups excluding carboxylic acids is 1. The molecule has 1 N–H and O–H groups in total. The number of H-pyrrole nitrogens is 1. The number of carbonyl (C=O) groups is 1. The van der Waals surface area contributed by atoms with Crippen molar-refractivity contribution in [3.63, 3.8) is 0 Å². The molecule has 1 saturated heterocycles. The first-order valence-corrected chi connectivity index (χ1v) is 8.42. The summed E-state index contributed by atoms with van der Waals surface area (Å²) in [5.74, 6) is 2.12. The van der Waals surface area contributed by atoms with Crippen LogP contribution in [0.25, 0.3) is 11.0 Å². The lowest BCUT2D eigenvalue weighted by Crippen LogP contribution is -2.32. The van der Waals surface area contributed by atoms with Crippen LogP contribution in [0.1, 0.15) is 18.1 Å². The van der Waals surface area contributed by atoms with Gasteiger partial charge in [0.1, 0.15) is 23.6 Å². The van der Waals surface area contributed by atoms with E-state index in [-0.39, 0.29) is 5.41 Å². The monoisotopic (exact) mass is 338 g/mol. The van der Waals surface area contributed by atoms with Crippen LogP contribution in [0.3, 0.4) is 0 Å². The molecule has 2 fully saturated rings. The summed E-state index contributed by atoms with van der Waals surface area (Å²) in [5, 5.41) is 4.85. The normalized spacial score (nSPS) is 26.2. The molecule has 8 heteroatoms. The van der Waals surface area contributed by atoms with Gasteiger partial charge in [0.2, 0.25) is 6.41 Å². The lowest BCUT2D eigenvalue weighted by Gasteiger charge is -2.25. The topological polar surface area (TPSA) is 91.2 Å². The molecule has 25 heavy (non-hydrogen) atoms. The Bertz CT molecular complexity index is 907. The van der Waals surface area contributed by atoms with E-state index in [9.17, 15) is 4.79 Å². The third kappa shape index (κ3) is 2.28. The number of hydrogen-bond donors (Lipinski definition) is 1. The zero-order chi connectivity index (χ0) is 16.9. The molecule has 2 unspecified atom stereocenters. The van der Waals surface area contributed by atoms with E-state index >= 15 is 0 Å². The van der Waals surface area contributed by atoms with Crippen LogP contribution in [-0.2, 0) is 4.79 Å². The Kier molecular flexibility index (Phi) is 3.06. The molecule has 1 saturated carbocycles. The highest BCUT2D eigenvalue weighted by Gasteiger charge is 2.59. The number of fused-ring (bicyclic) bond motifs is 1. The quantitative estimate of drug-likeness (QED) is 0.726. The van der Waals surface area contributed by atoms with E-state index in [0.717, 1.165) is 55.1 Å². The minimum Gasteiger partial charge on any atom is -0.361 e. The molecule has 0 bridgehead atoms. The Labute approximate surface area is 143 Å². The minimum atomic E-state index is -0.00940. The molecule has 1 aliphatic carbocycles. The van der Waals surface area contributed by atoms with Crippen molar-refractivity contribution in [3.8, 4) is 0 Å². The summed E-state index contributed by atoms with van der Waals surface area (Å²) >= 11 is 0. The van der Waals surface area contributed by atoms with Crippen LogP contribution < -0.4 is 4.90 Å². The van der Waals surface area contributed by atoms with Gasteiger partial charge in [0.15, 0.2) is 0 Å². The van der Waals surface area contributed by atoms with Crippen molar-refractivity contribution < 1.29 is 9.32 Å². The van der Waals surface area contributed by atoms with Crippen molar-refractivity contribution in [1.29, 1.82) is 0 Å². The first-order chi connectivity index (χ1) is 12.3. The summed E-state index contributed by atoms with van der Waals surface area (Å²) in [6.45, 7) is 3.00. The average molecular weight is 338 g/mol. The summed E-state index contributed by atoms with van der Waals surface area (Å²) in [4.78, 5) is 27.6. The standard InChI is InChI=1S/C17H18N6O2/c24-11-22-5-6-23(16-12-1-3-18-15(12)19-10-20-16)9-17(8-22)7-13(17)14-2-4-21-25-14/h1-4,10-11,13H,5-9H2,(H,18,19,20). The Morgan fingerprint density at radius 3 is 3.08 bits per heavy atom. The molecule has 0 radical (unpaired) electrons. The number of aromatic nitrogens is 4. The van der Waals surface area contributed by atoms with Crippen molar-refractivity contribution in [2.24, 2.45) is 5.41 Å². The van der Waals surface area contributed by atoms with Gasteiger partial charge in [-0.05, 0) is 12.5 Å². The molecule has 3 aromatic heterocycles. The molecule has 1 aliphatic heterocycles. The van der Waals surface area contributed by atoms with Crippen LogP contribution in [0.15, 0.2) is 35.4 Å². The zero-order valence-corrected chi connectivity index (χ0v) is 13.6. The molecule has 2 atom stereocenters. The smallest absolute Gasteiger partial charge is 0.209 e. The largest absolute Gasteiger partial charge is 0.361 e. The van der Waals surface area contributed by atoms with Crippen LogP contribution >= 0.6 is 0 Å². The van der Waals surface area contributed by atoms with Gasteiger partial charge < -0.3 is 19.3 Å². The van der Waals surface area contributed by atoms with E-state index in [1.54, 1.807) is 12.5 Å². The Morgan fingerprint density at radius 1 is 1.28 bits per heavy atom. The summed E-state index contributed by atoms with van der Waals surface area (Å²) in [6, 6.07) is 3.93. The van der Waals surface area contributed by atoms with E-state index in [1.807, 2.05) is 23.2 Å². The fraction of sp³-hybridized carbons (Fsp3) is 0.412. The van der Waals surface area contributed by atoms with E-state index in [1.165, 1.54) is 0 Å². The van der Waals surface area contributed by atoms with E-state index < -0.39 is 0 Å². The highest BCUT2D eigenvalue weighted by atomic mass is 16.5. The SMILES string of the molecule is O=CN1CCN(c2ncnc3[nH]ccc23)CC2(CC2c2ccno2)C1. The Morgan fingerprint density at radius 2 is 2.24 bits per heavy atom. The molecular weight excluding hydrogens is 320 g/mol. The van der Waals surface area contributed by atoms with Crippen LogP contribution in [0.2, 0.25) is 0 Å². The number of rotatable bonds is 3. The fourth-order valence-electron chi connectivity index (χ4n) is 4.13. The number of anilines is 1. The number of aromatic amines is 1. The number of hydrogen-bond acceptors (Lipinski definition) is 6. The van der Waals surface area contributed by atoms with Gasteiger partial charge >= 0.3 is 0 Å². The molecule has 1 amide bonds. The van der Waals surface area contributed by atoms with Crippen molar-refractivity contribution in [3.05, 3.63) is 36.6 Å². The minimum absolute atomic E-state index is 0.00940. The molecule has 128 valence electrons. The van der Waals surface area contributed by atoms with Crippen molar-refractivity contribution in [1.82, 2.24) is 25.0 Å². The van der Waals surface area contributed by atoms with Crippen LogP contribution in [0.5, 0.6) is 0 Å². The van der Waals surface area contributed by atoms with Crippen LogP contribution in [0.4, 0.5) is 5.82 Å². The van der Waals surface area contributed by atoms with E-state index in [2.05, 4.69) is 25.0 Å². The summed E-state index contributed by atoms with van der Waals surface area (Å²) in [6.07, 6.45) is 7.09. The van der Waals surface area contributed by atoms with Gasteiger partial charge in [0.05, 0.1) is 11.6 Å². The highest BCUT2D eigenvalue weighted by Crippen LogP contribution is 2.60. The second-order valence-corrected chi connectivity index (χ2v) is 6.97. The first-order valence-electron chi connectivity index (χ1n) is 8.42. The molecule has 2 aliphatic rings. The number of nitrogens with one attached hydrogen (secondary N) is 1. The fourth-order valence-corrected chi connectivity index (χ4v) is 4.13. The van der Waals surface area contributed by atoms with Gasteiger partial charge in [-0.2, -0.15) is 0 Å². The molecule has 3 aromatic rings. The second-order valence-electron chi connectivity index (χ2n) is 6.97. The predicted octanol–water partition coefficient (Wildman–Crippen LogP) is 1.40. The summed E-state index contributed by atoms with van der Waals surface area (Å²) in [5.41, 5.74) is 0.822. The van der Waals surface area contributed by atoms with Crippen molar-refractivity contribution in [2.45, 2.75) is 12.3 Å². The van der Waals surface area contributed by atoms with Crippen molar-refractivity contribution >= 4 is 23.3 Å². The molecule has 8 nitrogen and oxygen atoms in total. The lowest BCUT2D eigenvalue weighted by molar-refractivity contribution is -0.118. The average Bonchev–Trinajstić information content (AvgIpc) is 3.01. The van der Waals surface area contributed by atoms with Crippen molar-refractivity contribution in [2.75, 3.05) is 31.1 Å². The zero-order valence-electron chi connectivity index (χ0n) is 13.6. The van der Waals surface area contributed by atoms with Crippen LogP contribution in [0, 0.1) is 5.41 Å². The third-order valence-electron chi connectivity index (χ3n) is 5.45. The van der Waals surface area contributed by atoms with Gasteiger partial charge in [-0.15, -0.1) is 0 Å². The van der Waals surface area contributed by atoms with Gasteiger partial charge in [-0.1, -0.05) is 5.16 Å². The maximum absolute atomic E-state index is 11.5. The second kappa shape index (κ2) is 5.30. The lowest BCUT2D eigenvalue weighted by atomic mass is 10.0. The maximum Gasteiger partial charge on any atom is 0.209 e. The first kappa shape index (κ1) is 14.4. The summed E-state index contributed by atoms with van der Waals surface area (Å²) in [7, 11) is 0. The number of amides is 1. The Hall–Kier alpha value is -2.90. The van der Waals surface area contributed by atoms with Gasteiger partial charge in [-0.3, -0.25) is 4.79 Å².